The molecule has 0 saturated carbocycles. The Morgan fingerprint density at radius 3 is 2.03 bits per heavy atom. The number of piperazine rings is 1. The largest absolute Gasteiger partial charge is 0.497 e. The fourth-order valence-electron chi connectivity index (χ4n) is 3.97. The minimum Gasteiger partial charge on any atom is -0.497 e. The van der Waals surface area contributed by atoms with Crippen LogP contribution in [-0.4, -0.2) is 57.5 Å². The van der Waals surface area contributed by atoms with Crippen LogP contribution in [0.15, 0.2) is 48.5 Å². The van der Waals surface area contributed by atoms with Gasteiger partial charge in [0.1, 0.15) is 17.8 Å². The van der Waals surface area contributed by atoms with Crippen molar-refractivity contribution >= 4 is 11.6 Å². The summed E-state index contributed by atoms with van der Waals surface area (Å²) in [6.45, 7) is 3.57. The third kappa shape index (κ3) is 4.46. The van der Waals surface area contributed by atoms with Gasteiger partial charge in [-0.25, -0.2) is 0 Å². The summed E-state index contributed by atoms with van der Waals surface area (Å²) in [4.78, 5) is 17.0. The summed E-state index contributed by atoms with van der Waals surface area (Å²) < 4.78 is 10.5. The minimum absolute atomic E-state index is 0.000672. The summed E-state index contributed by atoms with van der Waals surface area (Å²) in [5.74, 6) is 1.76. The van der Waals surface area contributed by atoms with Crippen molar-refractivity contribution in [3.8, 4) is 11.5 Å². The molecule has 2 atom stereocenters. The molecule has 2 aromatic rings. The quantitative estimate of drug-likeness (QED) is 0.806. The summed E-state index contributed by atoms with van der Waals surface area (Å²) in [7, 11) is 3.33. The van der Waals surface area contributed by atoms with Crippen LogP contribution in [0.25, 0.3) is 0 Å². The van der Waals surface area contributed by atoms with Crippen LogP contribution < -0.4 is 25.0 Å². The maximum absolute atomic E-state index is 12.3. The van der Waals surface area contributed by atoms with Gasteiger partial charge in [-0.3, -0.25) is 15.0 Å². The molecule has 0 aromatic heterocycles. The summed E-state index contributed by atoms with van der Waals surface area (Å²) >= 11 is 0. The zero-order valence-corrected chi connectivity index (χ0v) is 16.9. The smallest absolute Gasteiger partial charge is 0.224 e. The van der Waals surface area contributed by atoms with Gasteiger partial charge in [-0.1, -0.05) is 12.1 Å². The van der Waals surface area contributed by atoms with Crippen LogP contribution in [0, 0.1) is 0 Å². The molecule has 29 heavy (non-hydrogen) atoms. The normalized spacial score (nSPS) is 22.8. The maximum atomic E-state index is 12.3. The van der Waals surface area contributed by atoms with Gasteiger partial charge in [0.2, 0.25) is 5.91 Å². The van der Waals surface area contributed by atoms with Crippen LogP contribution in [0.5, 0.6) is 11.5 Å². The lowest BCUT2D eigenvalue weighted by Gasteiger charge is -2.43. The Morgan fingerprint density at radius 2 is 1.45 bits per heavy atom. The first-order chi connectivity index (χ1) is 14.2. The molecule has 2 fully saturated rings. The van der Waals surface area contributed by atoms with E-state index in [2.05, 4.69) is 32.6 Å². The SMILES string of the molecule is COc1ccc(C2CC(=O)NC(N3CCN(c4ccc(OC)cc4)CC3)N2)cc1. The van der Waals surface area contributed by atoms with Gasteiger partial charge >= 0.3 is 0 Å². The summed E-state index contributed by atoms with van der Waals surface area (Å²) in [6, 6.07) is 16.1. The van der Waals surface area contributed by atoms with Crippen molar-refractivity contribution in [1.29, 1.82) is 0 Å². The van der Waals surface area contributed by atoms with E-state index in [0.717, 1.165) is 43.2 Å². The highest BCUT2D eigenvalue weighted by Crippen LogP contribution is 2.25. The number of nitrogens with one attached hydrogen (secondary N) is 2. The minimum atomic E-state index is -0.152. The van der Waals surface area contributed by atoms with Crippen LogP contribution >= 0.6 is 0 Å². The zero-order valence-electron chi connectivity index (χ0n) is 16.9. The molecule has 4 rings (SSSR count). The number of carbonyl (C=O) groups is 1. The number of amides is 1. The second kappa shape index (κ2) is 8.71. The Kier molecular flexibility index (Phi) is 5.87. The van der Waals surface area contributed by atoms with E-state index in [4.69, 9.17) is 9.47 Å². The maximum Gasteiger partial charge on any atom is 0.224 e. The van der Waals surface area contributed by atoms with Crippen LogP contribution in [0.2, 0.25) is 0 Å². The second-order valence-electron chi connectivity index (χ2n) is 7.39. The number of carbonyl (C=O) groups excluding carboxylic acids is 1. The number of hydrogen-bond donors (Lipinski definition) is 2. The monoisotopic (exact) mass is 396 g/mol. The van der Waals surface area contributed by atoms with Crippen molar-refractivity contribution in [2.24, 2.45) is 0 Å². The average Bonchev–Trinajstić information content (AvgIpc) is 2.79. The third-order valence-corrected chi connectivity index (χ3v) is 5.68. The lowest BCUT2D eigenvalue weighted by molar-refractivity contribution is -0.127. The molecule has 2 saturated heterocycles. The van der Waals surface area contributed by atoms with E-state index >= 15 is 0 Å². The van der Waals surface area contributed by atoms with Gasteiger partial charge in [0, 0.05) is 44.3 Å². The van der Waals surface area contributed by atoms with E-state index < -0.39 is 0 Å². The Morgan fingerprint density at radius 1 is 0.862 bits per heavy atom. The lowest BCUT2D eigenvalue weighted by Crippen LogP contribution is -2.64. The topological polar surface area (TPSA) is 66.1 Å². The molecule has 0 spiro atoms. The summed E-state index contributed by atoms with van der Waals surface area (Å²) in [5, 5.41) is 6.69. The van der Waals surface area contributed by atoms with Crippen molar-refractivity contribution in [1.82, 2.24) is 15.5 Å². The average molecular weight is 396 g/mol. The van der Waals surface area contributed by atoms with Gasteiger partial charge in [-0.05, 0) is 42.0 Å². The molecule has 0 aliphatic carbocycles. The Hall–Kier alpha value is -2.77. The first-order valence-electron chi connectivity index (χ1n) is 9.98. The molecule has 2 aliphatic heterocycles. The first kappa shape index (κ1) is 19.5. The molecule has 2 N–H and O–H groups in total. The van der Waals surface area contributed by atoms with E-state index in [1.807, 2.05) is 36.4 Å². The van der Waals surface area contributed by atoms with E-state index in [9.17, 15) is 4.79 Å². The highest BCUT2D eigenvalue weighted by molar-refractivity contribution is 5.78. The van der Waals surface area contributed by atoms with Crippen LogP contribution in [0.1, 0.15) is 18.0 Å². The fraction of sp³-hybridized carbons (Fsp3) is 0.409. The predicted molar refractivity (Wildman–Crippen MR) is 112 cm³/mol. The third-order valence-electron chi connectivity index (χ3n) is 5.68. The zero-order chi connectivity index (χ0) is 20.2. The second-order valence-corrected chi connectivity index (χ2v) is 7.39. The number of hydrogen-bond acceptors (Lipinski definition) is 6. The number of anilines is 1. The number of benzene rings is 2. The Labute approximate surface area is 171 Å². The number of ether oxygens (including phenoxy) is 2. The lowest BCUT2D eigenvalue weighted by atomic mass is 10.0. The summed E-state index contributed by atoms with van der Waals surface area (Å²) in [6.07, 6.45) is 0.288. The highest BCUT2D eigenvalue weighted by atomic mass is 16.5. The fourth-order valence-corrected chi connectivity index (χ4v) is 3.97. The molecule has 7 heteroatoms. The van der Waals surface area contributed by atoms with Gasteiger partial charge in [0.05, 0.1) is 14.2 Å². The molecule has 2 heterocycles. The van der Waals surface area contributed by atoms with E-state index in [0.29, 0.717) is 6.42 Å². The molecule has 2 unspecified atom stereocenters. The highest BCUT2D eigenvalue weighted by Gasteiger charge is 2.32. The van der Waals surface area contributed by atoms with Gasteiger partial charge < -0.3 is 19.7 Å². The van der Waals surface area contributed by atoms with Crippen molar-refractivity contribution in [3.05, 3.63) is 54.1 Å². The molecule has 0 bridgehead atoms. The van der Waals surface area contributed by atoms with E-state index in [1.165, 1.54) is 5.69 Å². The number of rotatable bonds is 5. The van der Waals surface area contributed by atoms with Crippen molar-refractivity contribution < 1.29 is 14.3 Å². The molecule has 2 aromatic carbocycles. The van der Waals surface area contributed by atoms with Gasteiger partial charge in [-0.2, -0.15) is 0 Å². The summed E-state index contributed by atoms with van der Waals surface area (Å²) in [5.41, 5.74) is 2.30. The van der Waals surface area contributed by atoms with Gasteiger partial charge in [0.25, 0.3) is 0 Å². The van der Waals surface area contributed by atoms with E-state index in [-0.39, 0.29) is 18.2 Å². The molecule has 2 aliphatic rings. The van der Waals surface area contributed by atoms with Crippen molar-refractivity contribution in [3.63, 3.8) is 0 Å². The molecular weight excluding hydrogens is 368 g/mol. The number of nitrogens with zero attached hydrogens (tertiary/aromatic N) is 2. The van der Waals surface area contributed by atoms with Crippen molar-refractivity contribution in [2.45, 2.75) is 18.8 Å². The molecule has 0 radical (unpaired) electrons. The molecule has 7 nitrogen and oxygen atoms in total. The molecular formula is C22H28N4O3. The molecule has 1 amide bonds. The van der Waals surface area contributed by atoms with Crippen LogP contribution in [0.3, 0.4) is 0 Å². The van der Waals surface area contributed by atoms with Gasteiger partial charge in [0.15, 0.2) is 0 Å². The Balaban J connectivity index is 1.37. The van der Waals surface area contributed by atoms with Crippen LogP contribution in [0.4, 0.5) is 5.69 Å². The Bertz CT molecular complexity index is 817. The van der Waals surface area contributed by atoms with Gasteiger partial charge in [-0.15, -0.1) is 0 Å². The number of methoxy groups -OCH3 is 2. The van der Waals surface area contributed by atoms with E-state index in [1.54, 1.807) is 14.2 Å². The first-order valence-corrected chi connectivity index (χ1v) is 9.98. The van der Waals surface area contributed by atoms with Crippen molar-refractivity contribution in [2.75, 3.05) is 45.3 Å². The molecule has 154 valence electrons. The van der Waals surface area contributed by atoms with Crippen LogP contribution in [-0.2, 0) is 4.79 Å². The predicted octanol–water partition coefficient (Wildman–Crippen LogP) is 1.96. The standard InChI is InChI=1S/C22H28N4O3/c1-28-18-7-3-16(4-8-18)20-15-21(27)24-22(23-20)26-13-11-25(12-14-26)17-5-9-19(29-2)10-6-17/h3-10,20,22-23H,11-15H2,1-2H3,(H,24,27).